The van der Waals surface area contributed by atoms with Gasteiger partial charge in [0.15, 0.2) is 0 Å². The molecular formula is C32H39NO5. The Morgan fingerprint density at radius 1 is 1.03 bits per heavy atom. The van der Waals surface area contributed by atoms with Crippen LogP contribution in [0.4, 0.5) is 0 Å². The number of aliphatic hydroxyl groups is 2. The summed E-state index contributed by atoms with van der Waals surface area (Å²) in [5.74, 6) is -1.74. The second-order valence-electron chi connectivity index (χ2n) is 10.4. The number of phenols is 1. The fourth-order valence-electron chi connectivity index (χ4n) is 6.18. The Bertz CT molecular complexity index is 1180. The number of allylic oxidation sites excluding steroid dienone is 2. The van der Waals surface area contributed by atoms with Crippen LogP contribution in [0, 0.1) is 17.8 Å². The van der Waals surface area contributed by atoms with Crippen LogP contribution in [-0.4, -0.2) is 51.3 Å². The molecule has 38 heavy (non-hydrogen) atoms. The maximum absolute atomic E-state index is 13.3. The number of hydrogen-bond donors (Lipinski definition) is 3. The van der Waals surface area contributed by atoms with Gasteiger partial charge in [-0.1, -0.05) is 74.4 Å². The summed E-state index contributed by atoms with van der Waals surface area (Å²) in [6, 6.07) is 17.0. The van der Waals surface area contributed by atoms with Crippen LogP contribution < -0.4 is 0 Å². The molecule has 202 valence electrons. The van der Waals surface area contributed by atoms with Crippen molar-refractivity contribution in [2.45, 2.75) is 58.5 Å². The van der Waals surface area contributed by atoms with Crippen LogP contribution in [0.3, 0.4) is 0 Å². The van der Waals surface area contributed by atoms with Gasteiger partial charge in [0.2, 0.25) is 11.8 Å². The number of fused-ring (bicyclic) bond motifs is 1. The normalized spacial score (nSPS) is 22.7. The van der Waals surface area contributed by atoms with Gasteiger partial charge in [0.05, 0.1) is 24.5 Å². The highest BCUT2D eigenvalue weighted by atomic mass is 16.3. The summed E-state index contributed by atoms with van der Waals surface area (Å²) in [5.41, 5.74) is 4.81. The van der Waals surface area contributed by atoms with Gasteiger partial charge in [0.1, 0.15) is 5.75 Å². The van der Waals surface area contributed by atoms with E-state index in [1.807, 2.05) is 49.4 Å². The van der Waals surface area contributed by atoms with Crippen molar-refractivity contribution in [3.63, 3.8) is 0 Å². The predicted octanol–water partition coefficient (Wildman–Crippen LogP) is 5.19. The van der Waals surface area contributed by atoms with Gasteiger partial charge in [-0.25, -0.2) is 0 Å². The second kappa shape index (κ2) is 12.5. The topological polar surface area (TPSA) is 98.1 Å². The lowest BCUT2D eigenvalue weighted by Gasteiger charge is -2.36. The molecule has 0 unspecified atom stereocenters. The van der Waals surface area contributed by atoms with Crippen LogP contribution in [0.15, 0.2) is 65.7 Å². The number of hydrogen-bond acceptors (Lipinski definition) is 5. The number of imide groups is 1. The summed E-state index contributed by atoms with van der Waals surface area (Å²) in [5, 5.41) is 31.7. The maximum atomic E-state index is 13.3. The van der Waals surface area contributed by atoms with E-state index in [0.29, 0.717) is 32.2 Å². The van der Waals surface area contributed by atoms with E-state index >= 15 is 0 Å². The van der Waals surface area contributed by atoms with Gasteiger partial charge >= 0.3 is 0 Å². The Balaban J connectivity index is 1.63. The number of aliphatic hydroxyl groups excluding tert-OH is 2. The lowest BCUT2D eigenvalue weighted by molar-refractivity contribution is -0.140. The number of aromatic hydroxyl groups is 1. The van der Waals surface area contributed by atoms with Crippen LogP contribution in [-0.2, 0) is 9.59 Å². The predicted molar refractivity (Wildman–Crippen MR) is 149 cm³/mol. The summed E-state index contributed by atoms with van der Waals surface area (Å²) in [6.07, 6.45) is 5.00. The summed E-state index contributed by atoms with van der Waals surface area (Å²) < 4.78 is 0. The Morgan fingerprint density at radius 2 is 1.74 bits per heavy atom. The van der Waals surface area contributed by atoms with Crippen molar-refractivity contribution in [1.82, 2.24) is 4.90 Å². The molecule has 0 bridgehead atoms. The number of benzene rings is 2. The van der Waals surface area contributed by atoms with Crippen molar-refractivity contribution in [3.8, 4) is 5.75 Å². The lowest BCUT2D eigenvalue weighted by atomic mass is 9.67. The number of likely N-dealkylation sites (tertiary alicyclic amines) is 1. The molecule has 2 aromatic carbocycles. The van der Waals surface area contributed by atoms with Gasteiger partial charge in [0.25, 0.3) is 0 Å². The Morgan fingerprint density at radius 3 is 2.37 bits per heavy atom. The highest BCUT2D eigenvalue weighted by Crippen LogP contribution is 2.47. The summed E-state index contributed by atoms with van der Waals surface area (Å²) in [6.45, 7) is 4.13. The van der Waals surface area contributed by atoms with E-state index in [9.17, 15) is 24.9 Å². The third-order valence-corrected chi connectivity index (χ3v) is 7.90. The molecule has 4 atom stereocenters. The Labute approximate surface area is 225 Å². The quantitative estimate of drug-likeness (QED) is 0.216. The smallest absolute Gasteiger partial charge is 0.233 e. The summed E-state index contributed by atoms with van der Waals surface area (Å²) in [7, 11) is 0. The molecule has 3 N–H and O–H groups in total. The molecule has 1 saturated heterocycles. The number of carbonyl (C=O) groups is 2. The molecule has 0 saturated carbocycles. The average Bonchev–Trinajstić information content (AvgIpc) is 3.16. The standard InChI is InChI=1S/C32H39NO5/c1-3-8-24-19-26-30(32(38)33(17-4-2)31(26)37)27(20-34)29(24)28(36)16-13-23(22-9-6-5-7-10-22)18-21-11-14-25(35)15-12-21/h5-7,9-12,14-15,18,26-28,30,34-36H,3-4,8,13,16-17,19-20H2,1-2H3/b23-18-/t26-,27+,28-,30-/m1/s1. The molecule has 4 rings (SSSR count). The molecule has 2 aliphatic rings. The number of phenolic OH excluding ortho intramolecular Hbond substituents is 1. The van der Waals surface area contributed by atoms with Gasteiger partial charge < -0.3 is 15.3 Å². The molecular weight excluding hydrogens is 478 g/mol. The number of nitrogens with zero attached hydrogens (tertiary/aromatic N) is 1. The van der Waals surface area contributed by atoms with Crippen molar-refractivity contribution in [1.29, 1.82) is 0 Å². The van der Waals surface area contributed by atoms with Gasteiger partial charge in [-0.05, 0) is 66.5 Å². The average molecular weight is 518 g/mol. The molecule has 1 aliphatic heterocycles. The highest BCUT2D eigenvalue weighted by Gasteiger charge is 2.54. The fraction of sp³-hybridized carbons (Fsp3) is 0.438. The highest BCUT2D eigenvalue weighted by molar-refractivity contribution is 6.05. The fourth-order valence-corrected chi connectivity index (χ4v) is 6.18. The SMILES string of the molecule is CCCC1=C([C@H](O)CC/C(=C/c2ccc(O)cc2)c2ccccc2)[C@H](CO)[C@@H]2C(=O)N(CCC)C(=O)[C@@H]2C1. The molecule has 2 amide bonds. The van der Waals surface area contributed by atoms with E-state index in [0.717, 1.165) is 40.7 Å². The first-order chi connectivity index (χ1) is 18.4. The Hall–Kier alpha value is -3.22. The second-order valence-corrected chi connectivity index (χ2v) is 10.4. The van der Waals surface area contributed by atoms with E-state index in [-0.39, 0.29) is 24.2 Å². The molecule has 0 spiro atoms. The van der Waals surface area contributed by atoms with Gasteiger partial charge in [-0.3, -0.25) is 14.5 Å². The molecule has 2 aromatic rings. The van der Waals surface area contributed by atoms with Crippen molar-refractivity contribution in [2.75, 3.05) is 13.2 Å². The minimum absolute atomic E-state index is 0.134. The molecule has 6 heteroatoms. The first-order valence-electron chi connectivity index (χ1n) is 13.8. The van der Waals surface area contributed by atoms with Gasteiger partial charge in [0, 0.05) is 12.5 Å². The first-order valence-corrected chi connectivity index (χ1v) is 13.8. The summed E-state index contributed by atoms with van der Waals surface area (Å²) in [4.78, 5) is 27.8. The van der Waals surface area contributed by atoms with Crippen LogP contribution in [0.1, 0.15) is 63.5 Å². The van der Waals surface area contributed by atoms with Crippen molar-refractivity contribution >= 4 is 23.5 Å². The zero-order chi connectivity index (χ0) is 27.2. The van der Waals surface area contributed by atoms with Crippen molar-refractivity contribution in [3.05, 3.63) is 76.9 Å². The zero-order valence-corrected chi connectivity index (χ0v) is 22.3. The van der Waals surface area contributed by atoms with Crippen LogP contribution in [0.5, 0.6) is 5.75 Å². The third kappa shape index (κ3) is 5.77. The number of amides is 2. The van der Waals surface area contributed by atoms with E-state index < -0.39 is 23.9 Å². The Kier molecular flexibility index (Phi) is 9.18. The zero-order valence-electron chi connectivity index (χ0n) is 22.3. The first kappa shape index (κ1) is 27.8. The van der Waals surface area contributed by atoms with Crippen LogP contribution in [0.25, 0.3) is 11.6 Å². The largest absolute Gasteiger partial charge is 0.508 e. The summed E-state index contributed by atoms with van der Waals surface area (Å²) >= 11 is 0. The number of rotatable bonds is 11. The van der Waals surface area contributed by atoms with Crippen LogP contribution >= 0.6 is 0 Å². The number of carbonyl (C=O) groups excluding carboxylic acids is 2. The molecule has 1 aliphatic carbocycles. The van der Waals surface area contributed by atoms with Crippen molar-refractivity contribution < 1.29 is 24.9 Å². The molecule has 1 fully saturated rings. The minimum Gasteiger partial charge on any atom is -0.508 e. The molecule has 0 radical (unpaired) electrons. The van der Waals surface area contributed by atoms with Crippen LogP contribution in [0.2, 0.25) is 0 Å². The van der Waals surface area contributed by atoms with Crippen molar-refractivity contribution in [2.24, 2.45) is 17.8 Å². The third-order valence-electron chi connectivity index (χ3n) is 7.90. The molecule has 6 nitrogen and oxygen atoms in total. The molecule has 1 heterocycles. The van der Waals surface area contributed by atoms with E-state index in [2.05, 4.69) is 13.0 Å². The van der Waals surface area contributed by atoms with E-state index in [4.69, 9.17) is 0 Å². The van der Waals surface area contributed by atoms with Gasteiger partial charge in [-0.2, -0.15) is 0 Å². The molecule has 0 aromatic heterocycles. The van der Waals surface area contributed by atoms with E-state index in [1.54, 1.807) is 12.1 Å². The van der Waals surface area contributed by atoms with Gasteiger partial charge in [-0.15, -0.1) is 0 Å². The minimum atomic E-state index is -0.829. The maximum Gasteiger partial charge on any atom is 0.233 e. The van der Waals surface area contributed by atoms with E-state index in [1.165, 1.54) is 4.90 Å². The lowest BCUT2D eigenvalue weighted by Crippen LogP contribution is -2.39. The monoisotopic (exact) mass is 517 g/mol.